The predicted molar refractivity (Wildman–Crippen MR) is 100.0 cm³/mol. The molecule has 1 aliphatic heterocycles. The second kappa shape index (κ2) is 8.23. The largest absolute Gasteiger partial charge is 0.486 e. The summed E-state index contributed by atoms with van der Waals surface area (Å²) < 4.78 is 11.0. The Labute approximate surface area is 157 Å². The Balaban J connectivity index is 1.90. The van der Waals surface area contributed by atoms with Crippen molar-refractivity contribution >= 4 is 29.5 Å². The van der Waals surface area contributed by atoms with Crippen molar-refractivity contribution in [2.75, 3.05) is 18.1 Å². The van der Waals surface area contributed by atoms with E-state index in [2.05, 4.69) is 4.90 Å². The van der Waals surface area contributed by atoms with Gasteiger partial charge in [-0.05, 0) is 24.6 Å². The average Bonchev–Trinajstić information content (AvgIpc) is 2.63. The summed E-state index contributed by atoms with van der Waals surface area (Å²) in [4.78, 5) is 25.2. The minimum atomic E-state index is -0.356. The zero-order valence-corrected chi connectivity index (χ0v) is 15.2. The minimum absolute atomic E-state index is 0.150. The SMILES string of the molecule is CCOC(=O)C[C@H]1CN(Cc2ccccc2)c2cc(Cl)c(C=O)cc2O1. The fraction of sp³-hybridized carbons (Fsp3) is 0.300. The molecular formula is C20H20ClNO4. The van der Waals surface area contributed by atoms with Gasteiger partial charge in [-0.15, -0.1) is 0 Å². The van der Waals surface area contributed by atoms with E-state index in [1.54, 1.807) is 19.1 Å². The van der Waals surface area contributed by atoms with Crippen LogP contribution < -0.4 is 9.64 Å². The molecule has 1 aliphatic rings. The number of halogens is 1. The number of ether oxygens (including phenoxy) is 2. The van der Waals surface area contributed by atoms with Crippen molar-refractivity contribution in [2.24, 2.45) is 0 Å². The Morgan fingerprint density at radius 1 is 1.35 bits per heavy atom. The molecule has 0 saturated carbocycles. The summed E-state index contributed by atoms with van der Waals surface area (Å²) in [6.45, 7) is 3.28. The quantitative estimate of drug-likeness (QED) is 0.568. The van der Waals surface area contributed by atoms with E-state index >= 15 is 0 Å². The fourth-order valence-electron chi connectivity index (χ4n) is 3.02. The van der Waals surface area contributed by atoms with Crippen LogP contribution in [0, 0.1) is 0 Å². The van der Waals surface area contributed by atoms with E-state index in [4.69, 9.17) is 21.1 Å². The molecular weight excluding hydrogens is 354 g/mol. The number of anilines is 1. The van der Waals surface area contributed by atoms with Gasteiger partial charge in [0.2, 0.25) is 0 Å². The number of carbonyl (C=O) groups excluding carboxylic acids is 2. The van der Waals surface area contributed by atoms with Gasteiger partial charge in [0.05, 0.1) is 30.3 Å². The van der Waals surface area contributed by atoms with Gasteiger partial charge in [0, 0.05) is 12.1 Å². The molecule has 0 unspecified atom stereocenters. The molecule has 0 aromatic heterocycles. The number of hydrogen-bond donors (Lipinski definition) is 0. The number of esters is 1. The molecule has 5 nitrogen and oxygen atoms in total. The van der Waals surface area contributed by atoms with Crippen molar-refractivity contribution in [3.05, 3.63) is 58.6 Å². The number of benzene rings is 2. The molecule has 1 atom stereocenters. The van der Waals surface area contributed by atoms with Crippen molar-refractivity contribution in [1.29, 1.82) is 0 Å². The van der Waals surface area contributed by atoms with E-state index in [-0.39, 0.29) is 18.5 Å². The standard InChI is InChI=1S/C20H20ClNO4/c1-2-25-20(24)9-16-12-22(11-14-6-4-3-5-7-14)18-10-17(21)15(13-23)8-19(18)26-16/h3-8,10,13,16H,2,9,11-12H2,1H3/t16-/m0/s1. The summed E-state index contributed by atoms with van der Waals surface area (Å²) in [5.74, 6) is 0.248. The molecule has 0 radical (unpaired) electrons. The van der Waals surface area contributed by atoms with Crippen LogP contribution in [0.5, 0.6) is 5.75 Å². The smallest absolute Gasteiger partial charge is 0.309 e. The van der Waals surface area contributed by atoms with Crippen LogP contribution in [0.1, 0.15) is 29.3 Å². The predicted octanol–water partition coefficient (Wildman–Crippen LogP) is 3.87. The number of rotatable bonds is 6. The molecule has 0 aliphatic carbocycles. The zero-order valence-electron chi connectivity index (χ0n) is 14.5. The second-order valence-electron chi connectivity index (χ2n) is 6.07. The van der Waals surface area contributed by atoms with Gasteiger partial charge in [0.25, 0.3) is 0 Å². The Hall–Kier alpha value is -2.53. The molecule has 2 aromatic carbocycles. The Kier molecular flexibility index (Phi) is 5.78. The van der Waals surface area contributed by atoms with E-state index < -0.39 is 0 Å². The molecule has 0 amide bonds. The summed E-state index contributed by atoms with van der Waals surface area (Å²) in [6.07, 6.45) is 0.492. The third-order valence-corrected chi connectivity index (χ3v) is 4.51. The molecule has 6 heteroatoms. The zero-order chi connectivity index (χ0) is 18.5. The first-order chi connectivity index (χ1) is 12.6. The lowest BCUT2D eigenvalue weighted by molar-refractivity contribution is -0.144. The van der Waals surface area contributed by atoms with E-state index in [0.29, 0.717) is 42.3 Å². The maximum absolute atomic E-state index is 11.9. The van der Waals surface area contributed by atoms with Crippen LogP contribution in [0.2, 0.25) is 5.02 Å². The number of carbonyl (C=O) groups is 2. The van der Waals surface area contributed by atoms with Gasteiger partial charge in [-0.1, -0.05) is 41.9 Å². The summed E-state index contributed by atoms with van der Waals surface area (Å²) in [5.41, 5.74) is 2.30. The van der Waals surface area contributed by atoms with Crippen LogP contribution in [0.25, 0.3) is 0 Å². The molecule has 0 bridgehead atoms. The first kappa shape index (κ1) is 18.3. The summed E-state index contributed by atoms with van der Waals surface area (Å²) in [5, 5.41) is 0.379. The lowest BCUT2D eigenvalue weighted by Gasteiger charge is -2.36. The first-order valence-electron chi connectivity index (χ1n) is 8.50. The summed E-state index contributed by atoms with van der Waals surface area (Å²) in [7, 11) is 0. The van der Waals surface area contributed by atoms with Crippen LogP contribution in [0.3, 0.4) is 0 Å². The van der Waals surface area contributed by atoms with E-state index in [0.717, 1.165) is 11.3 Å². The van der Waals surface area contributed by atoms with Crippen molar-refractivity contribution in [3.63, 3.8) is 0 Å². The Bertz CT molecular complexity index is 794. The van der Waals surface area contributed by atoms with Crippen LogP contribution in [-0.4, -0.2) is 31.5 Å². The van der Waals surface area contributed by atoms with Crippen molar-refractivity contribution in [3.8, 4) is 5.75 Å². The van der Waals surface area contributed by atoms with E-state index in [1.165, 1.54) is 0 Å². The molecule has 0 spiro atoms. The van der Waals surface area contributed by atoms with Crippen LogP contribution in [0.15, 0.2) is 42.5 Å². The highest BCUT2D eigenvalue weighted by atomic mass is 35.5. The van der Waals surface area contributed by atoms with Gasteiger partial charge in [-0.2, -0.15) is 0 Å². The number of aldehydes is 1. The van der Waals surface area contributed by atoms with Crippen LogP contribution >= 0.6 is 11.6 Å². The van der Waals surface area contributed by atoms with E-state index in [9.17, 15) is 9.59 Å². The number of hydrogen-bond acceptors (Lipinski definition) is 5. The number of nitrogens with zero attached hydrogens (tertiary/aromatic N) is 1. The van der Waals surface area contributed by atoms with Gasteiger partial charge in [-0.3, -0.25) is 9.59 Å². The number of fused-ring (bicyclic) bond motifs is 1. The highest BCUT2D eigenvalue weighted by Crippen LogP contribution is 2.38. The molecule has 136 valence electrons. The normalized spacial score (nSPS) is 15.8. The van der Waals surface area contributed by atoms with Crippen molar-refractivity contribution in [1.82, 2.24) is 0 Å². The highest BCUT2D eigenvalue weighted by Gasteiger charge is 2.29. The van der Waals surface area contributed by atoms with E-state index in [1.807, 2.05) is 30.3 Å². The maximum Gasteiger partial charge on any atom is 0.309 e. The summed E-state index contributed by atoms with van der Waals surface area (Å²) >= 11 is 6.20. The molecule has 26 heavy (non-hydrogen) atoms. The van der Waals surface area contributed by atoms with Gasteiger partial charge < -0.3 is 14.4 Å². The molecule has 0 N–H and O–H groups in total. The molecule has 3 rings (SSSR count). The van der Waals surface area contributed by atoms with Gasteiger partial charge in [0.15, 0.2) is 6.29 Å². The minimum Gasteiger partial charge on any atom is -0.486 e. The second-order valence-corrected chi connectivity index (χ2v) is 6.48. The third kappa shape index (κ3) is 4.17. The first-order valence-corrected chi connectivity index (χ1v) is 8.88. The lowest BCUT2D eigenvalue weighted by Crippen LogP contribution is -2.41. The Morgan fingerprint density at radius 2 is 2.12 bits per heavy atom. The van der Waals surface area contributed by atoms with Gasteiger partial charge in [0.1, 0.15) is 11.9 Å². The van der Waals surface area contributed by atoms with Crippen LogP contribution in [-0.2, 0) is 16.1 Å². The third-order valence-electron chi connectivity index (χ3n) is 4.18. The monoisotopic (exact) mass is 373 g/mol. The van der Waals surface area contributed by atoms with Crippen molar-refractivity contribution < 1.29 is 19.1 Å². The van der Waals surface area contributed by atoms with Crippen molar-refractivity contribution in [2.45, 2.75) is 26.0 Å². The molecule has 2 aromatic rings. The fourth-order valence-corrected chi connectivity index (χ4v) is 3.22. The topological polar surface area (TPSA) is 55.8 Å². The average molecular weight is 374 g/mol. The van der Waals surface area contributed by atoms with Crippen LogP contribution in [0.4, 0.5) is 5.69 Å². The molecule has 0 saturated heterocycles. The Morgan fingerprint density at radius 3 is 2.81 bits per heavy atom. The maximum atomic E-state index is 11.9. The molecule has 0 fully saturated rings. The lowest BCUT2D eigenvalue weighted by atomic mass is 10.1. The van der Waals surface area contributed by atoms with Gasteiger partial charge in [-0.25, -0.2) is 0 Å². The molecule has 1 heterocycles. The highest BCUT2D eigenvalue weighted by molar-refractivity contribution is 6.33. The van der Waals surface area contributed by atoms with Gasteiger partial charge >= 0.3 is 5.97 Å². The summed E-state index contributed by atoms with van der Waals surface area (Å²) in [6, 6.07) is 13.4.